The molecule has 0 aliphatic carbocycles. The minimum Gasteiger partial charge on any atom is -0.351 e. The van der Waals surface area contributed by atoms with Crippen LogP contribution in [0.3, 0.4) is 0 Å². The van der Waals surface area contributed by atoms with Gasteiger partial charge in [0.25, 0.3) is 0 Å². The first-order valence-electron chi connectivity index (χ1n) is 12.4. The fraction of sp³-hybridized carbons (Fsp3) is 0.103. The first kappa shape index (κ1) is 26.2. The number of nitrogens with one attached hydrogen (secondary N) is 3. The van der Waals surface area contributed by atoms with Crippen LogP contribution in [0, 0.1) is 26.8 Å². The molecule has 1 heterocycles. The number of carbonyl (C=O) groups is 1. The van der Waals surface area contributed by atoms with E-state index in [1.54, 1.807) is 18.2 Å². The second-order valence-corrected chi connectivity index (χ2v) is 9.28. The summed E-state index contributed by atoms with van der Waals surface area (Å²) in [6.45, 7) is 6.08. The molecule has 2 amide bonds. The minimum atomic E-state index is -0.964. The summed E-state index contributed by atoms with van der Waals surface area (Å²) in [5, 5.41) is 19.3. The monoisotopic (exact) mass is 535 g/mol. The van der Waals surface area contributed by atoms with E-state index in [1.165, 1.54) is 5.56 Å². The number of primary amides is 1. The van der Waals surface area contributed by atoms with E-state index in [1.807, 2.05) is 56.3 Å². The molecule has 0 saturated heterocycles. The molecule has 10 nitrogen and oxygen atoms in total. The number of aryl methyl sites for hydroxylation is 3. The second-order valence-electron chi connectivity index (χ2n) is 9.28. The summed E-state index contributed by atoms with van der Waals surface area (Å²) in [6.07, 6.45) is -0.964. The minimum absolute atomic E-state index is 0.0283. The number of anilines is 5. The average molecular weight is 536 g/mol. The topological polar surface area (TPSA) is 143 Å². The number of benzene rings is 4. The highest BCUT2D eigenvalue weighted by atomic mass is 19.1. The van der Waals surface area contributed by atoms with Gasteiger partial charge in [-0.25, -0.2) is 4.79 Å². The van der Waals surface area contributed by atoms with Gasteiger partial charge in [-0.15, -0.1) is 5.11 Å². The van der Waals surface area contributed by atoms with Crippen molar-refractivity contribution in [2.75, 3.05) is 16.0 Å². The molecule has 200 valence electrons. The number of aromatic nitrogens is 3. The summed E-state index contributed by atoms with van der Waals surface area (Å²) in [5.74, 6) is -0.0104. The predicted octanol–water partition coefficient (Wildman–Crippen LogP) is 7.48. The Bertz CT molecular complexity index is 1750. The SMILES string of the molecule is Cc1ccc(Nc2nc(F)nc(Nc3ccc(N=Nc4ccc5c(C)cc(C)cc5c4)c(NC(N)=O)c3)n2)cc1. The Hall–Kier alpha value is -5.45. The summed E-state index contributed by atoms with van der Waals surface area (Å²) in [6, 6.07) is 21.6. The van der Waals surface area contributed by atoms with Crippen molar-refractivity contribution in [3.05, 3.63) is 95.6 Å². The highest BCUT2D eigenvalue weighted by Gasteiger charge is 2.11. The smallest absolute Gasteiger partial charge is 0.316 e. The molecule has 0 aliphatic rings. The molecule has 4 aromatic carbocycles. The van der Waals surface area contributed by atoms with Gasteiger partial charge in [0.2, 0.25) is 11.9 Å². The molecule has 40 heavy (non-hydrogen) atoms. The normalized spacial score (nSPS) is 11.1. The van der Waals surface area contributed by atoms with E-state index in [4.69, 9.17) is 5.73 Å². The maximum atomic E-state index is 14.2. The summed E-state index contributed by atoms with van der Waals surface area (Å²) in [4.78, 5) is 23.3. The molecule has 0 radical (unpaired) electrons. The van der Waals surface area contributed by atoms with E-state index >= 15 is 0 Å². The molecule has 0 unspecified atom stereocenters. The number of hydrogen-bond acceptors (Lipinski definition) is 8. The van der Waals surface area contributed by atoms with Crippen LogP contribution < -0.4 is 21.7 Å². The Balaban J connectivity index is 1.39. The van der Waals surface area contributed by atoms with Gasteiger partial charge in [-0.3, -0.25) is 0 Å². The molecule has 5 aromatic rings. The molecule has 11 heteroatoms. The van der Waals surface area contributed by atoms with E-state index in [-0.39, 0.29) is 11.9 Å². The van der Waals surface area contributed by atoms with Gasteiger partial charge in [-0.2, -0.15) is 24.5 Å². The van der Waals surface area contributed by atoms with Crippen molar-refractivity contribution in [1.29, 1.82) is 0 Å². The van der Waals surface area contributed by atoms with Crippen LogP contribution in [0.1, 0.15) is 16.7 Å². The molecular formula is C29H26FN9O. The summed E-state index contributed by atoms with van der Waals surface area (Å²) in [7, 11) is 0. The Morgan fingerprint density at radius 3 is 2.20 bits per heavy atom. The van der Waals surface area contributed by atoms with Gasteiger partial charge in [0.05, 0.1) is 11.4 Å². The maximum Gasteiger partial charge on any atom is 0.316 e. The van der Waals surface area contributed by atoms with Gasteiger partial charge in [0.1, 0.15) is 5.69 Å². The van der Waals surface area contributed by atoms with Crippen LogP contribution in [0.5, 0.6) is 0 Å². The zero-order chi connectivity index (χ0) is 28.2. The largest absolute Gasteiger partial charge is 0.351 e. The molecule has 0 fully saturated rings. The molecule has 0 atom stereocenters. The number of nitrogens with zero attached hydrogens (tertiary/aromatic N) is 5. The van der Waals surface area contributed by atoms with E-state index in [2.05, 4.69) is 60.2 Å². The van der Waals surface area contributed by atoms with E-state index in [0.29, 0.717) is 28.4 Å². The quantitative estimate of drug-likeness (QED) is 0.159. The van der Waals surface area contributed by atoms with Crippen LogP contribution >= 0.6 is 0 Å². The van der Waals surface area contributed by atoms with Crippen LogP contribution in [-0.4, -0.2) is 21.0 Å². The van der Waals surface area contributed by atoms with Crippen molar-refractivity contribution in [3.8, 4) is 0 Å². The lowest BCUT2D eigenvalue weighted by Crippen LogP contribution is -2.19. The third-order valence-electron chi connectivity index (χ3n) is 5.99. The van der Waals surface area contributed by atoms with Crippen LogP contribution in [0.25, 0.3) is 10.8 Å². The van der Waals surface area contributed by atoms with Gasteiger partial charge in [-0.1, -0.05) is 41.5 Å². The van der Waals surface area contributed by atoms with E-state index in [9.17, 15) is 9.18 Å². The summed E-state index contributed by atoms with van der Waals surface area (Å²) in [5.41, 5.74) is 11.3. The molecule has 0 bridgehead atoms. The number of halogens is 1. The van der Waals surface area contributed by atoms with Crippen molar-refractivity contribution in [2.45, 2.75) is 20.8 Å². The van der Waals surface area contributed by atoms with Crippen molar-refractivity contribution >= 4 is 57.1 Å². The van der Waals surface area contributed by atoms with Crippen LogP contribution in [0.4, 0.5) is 49.5 Å². The van der Waals surface area contributed by atoms with Gasteiger partial charge < -0.3 is 21.7 Å². The zero-order valence-electron chi connectivity index (χ0n) is 22.0. The lowest BCUT2D eigenvalue weighted by atomic mass is 10.0. The number of rotatable bonds is 7. The van der Waals surface area contributed by atoms with Crippen molar-refractivity contribution in [3.63, 3.8) is 0 Å². The van der Waals surface area contributed by atoms with Gasteiger partial charge >= 0.3 is 12.1 Å². The standard InChI is InChI=1S/C29H26FN9O/c1-16-4-6-20(7-5-16)32-28-35-26(30)36-29(37-28)33-21-9-11-24(25(15-21)34-27(31)40)39-38-22-8-10-23-18(3)12-17(2)13-19(23)14-22/h4-15H,1-3H3,(H3,31,34,40)(H2,32,33,35,36,37). The van der Waals surface area contributed by atoms with Gasteiger partial charge in [-0.05, 0) is 79.6 Å². The van der Waals surface area contributed by atoms with Crippen LogP contribution in [0.2, 0.25) is 0 Å². The lowest BCUT2D eigenvalue weighted by Gasteiger charge is -2.11. The van der Waals surface area contributed by atoms with Gasteiger partial charge in [0.15, 0.2) is 0 Å². The summed E-state index contributed by atoms with van der Waals surface area (Å²) >= 11 is 0. The molecular weight excluding hydrogens is 509 g/mol. The number of azo groups is 1. The highest BCUT2D eigenvalue weighted by molar-refractivity contribution is 5.92. The first-order chi connectivity index (χ1) is 19.2. The third kappa shape index (κ3) is 6.33. The van der Waals surface area contributed by atoms with E-state index in [0.717, 1.165) is 21.9 Å². The number of hydrogen-bond donors (Lipinski definition) is 4. The van der Waals surface area contributed by atoms with E-state index < -0.39 is 12.1 Å². The molecule has 5 rings (SSSR count). The van der Waals surface area contributed by atoms with Crippen molar-refractivity contribution in [2.24, 2.45) is 16.0 Å². The number of amides is 2. The molecule has 1 aromatic heterocycles. The van der Waals surface area contributed by atoms with Gasteiger partial charge in [0, 0.05) is 11.4 Å². The van der Waals surface area contributed by atoms with Crippen LogP contribution in [-0.2, 0) is 0 Å². The molecule has 5 N–H and O–H groups in total. The number of carbonyl (C=O) groups excluding carboxylic acids is 1. The fourth-order valence-electron chi connectivity index (χ4n) is 4.20. The van der Waals surface area contributed by atoms with Crippen LogP contribution in [0.15, 0.2) is 83.0 Å². The Kier molecular flexibility index (Phi) is 7.27. The predicted molar refractivity (Wildman–Crippen MR) is 155 cm³/mol. The van der Waals surface area contributed by atoms with Crippen molar-refractivity contribution in [1.82, 2.24) is 15.0 Å². The first-order valence-corrected chi connectivity index (χ1v) is 12.4. The van der Waals surface area contributed by atoms with Crippen molar-refractivity contribution < 1.29 is 9.18 Å². The Labute approximate surface area is 229 Å². The lowest BCUT2D eigenvalue weighted by molar-refractivity contribution is 0.259. The fourth-order valence-corrected chi connectivity index (χ4v) is 4.20. The Morgan fingerprint density at radius 1 is 0.775 bits per heavy atom. The number of nitrogens with two attached hydrogens (primary N) is 1. The number of urea groups is 1. The highest BCUT2D eigenvalue weighted by Crippen LogP contribution is 2.32. The zero-order valence-corrected chi connectivity index (χ0v) is 22.0. The number of fused-ring (bicyclic) bond motifs is 1. The maximum absolute atomic E-state index is 14.2. The third-order valence-corrected chi connectivity index (χ3v) is 5.99. The average Bonchev–Trinajstić information content (AvgIpc) is 2.88. The molecule has 0 spiro atoms. The summed E-state index contributed by atoms with van der Waals surface area (Å²) < 4.78 is 14.2. The second kappa shape index (κ2) is 11.1. The Morgan fingerprint density at radius 2 is 1.48 bits per heavy atom. The molecule has 0 aliphatic heterocycles. The molecule has 0 saturated carbocycles.